The zero-order valence-electron chi connectivity index (χ0n) is 14.1. The van der Waals surface area contributed by atoms with Crippen LogP contribution in [0.1, 0.15) is 0 Å². The first-order valence-corrected chi connectivity index (χ1v) is 9.47. The summed E-state index contributed by atoms with van der Waals surface area (Å²) in [7, 11) is -4.17. The maximum atomic E-state index is 12.9. The third kappa shape index (κ3) is 3.78. The molecule has 0 radical (unpaired) electrons. The molecule has 0 bridgehead atoms. The second-order valence-corrected chi connectivity index (χ2v) is 7.82. The second kappa shape index (κ2) is 7.24. The van der Waals surface area contributed by atoms with E-state index in [9.17, 15) is 22.7 Å². The molecular formula is C17H18FN3O5S. The summed E-state index contributed by atoms with van der Waals surface area (Å²) in [6.07, 6.45) is 0. The standard InChI is InChI=1S/C17H18FN3O5S/c18-12-1-3-13(4-2-12)26-14-5-7-15(8-6-14)27(24,25)21-10-9-20-11-17(21,23)16(19)22/h1-8,20,23H,9-11H2,(H2,19,22). The van der Waals surface area contributed by atoms with Gasteiger partial charge in [0.15, 0.2) is 0 Å². The quantitative estimate of drug-likeness (QED) is 0.673. The second-order valence-electron chi connectivity index (χ2n) is 5.96. The first kappa shape index (κ1) is 19.2. The number of ether oxygens (including phenoxy) is 1. The number of primary amides is 1. The van der Waals surface area contributed by atoms with Crippen LogP contribution < -0.4 is 15.8 Å². The van der Waals surface area contributed by atoms with E-state index in [1.165, 1.54) is 48.5 Å². The number of β-amino-alcohol motifs (C(OH)–C–C–N with tert-alkyl or cyclic N) is 1. The molecule has 2 aromatic carbocycles. The monoisotopic (exact) mass is 395 g/mol. The molecule has 3 rings (SSSR count). The van der Waals surface area contributed by atoms with Gasteiger partial charge in [0.05, 0.1) is 4.90 Å². The number of amides is 1. The summed E-state index contributed by atoms with van der Waals surface area (Å²) in [5.74, 6) is -0.834. The molecule has 0 aliphatic carbocycles. The van der Waals surface area contributed by atoms with Crippen molar-refractivity contribution in [2.75, 3.05) is 19.6 Å². The lowest BCUT2D eigenvalue weighted by molar-refractivity contribution is -0.151. The Morgan fingerprint density at radius 3 is 2.26 bits per heavy atom. The Balaban J connectivity index is 1.84. The number of halogens is 1. The topological polar surface area (TPSA) is 122 Å². The minimum Gasteiger partial charge on any atom is -0.457 e. The van der Waals surface area contributed by atoms with E-state index in [0.717, 1.165) is 0 Å². The van der Waals surface area contributed by atoms with Crippen LogP contribution in [0.2, 0.25) is 0 Å². The van der Waals surface area contributed by atoms with E-state index in [0.29, 0.717) is 15.8 Å². The minimum absolute atomic E-state index is 0.115. The van der Waals surface area contributed by atoms with Crippen LogP contribution in [0.25, 0.3) is 0 Å². The fourth-order valence-electron chi connectivity index (χ4n) is 2.69. The normalized spacial score (nSPS) is 21.0. The van der Waals surface area contributed by atoms with Gasteiger partial charge in [-0.25, -0.2) is 12.8 Å². The van der Waals surface area contributed by atoms with E-state index in [2.05, 4.69) is 5.32 Å². The van der Waals surface area contributed by atoms with Gasteiger partial charge >= 0.3 is 0 Å². The fourth-order valence-corrected chi connectivity index (χ4v) is 4.31. The predicted octanol–water partition coefficient (Wildman–Crippen LogP) is 0.386. The molecule has 10 heteroatoms. The van der Waals surface area contributed by atoms with Gasteiger partial charge in [-0.1, -0.05) is 0 Å². The minimum atomic E-state index is -4.17. The average Bonchev–Trinajstić information content (AvgIpc) is 2.64. The van der Waals surface area contributed by atoms with Crippen LogP contribution in [-0.4, -0.2) is 49.1 Å². The Kier molecular flexibility index (Phi) is 5.16. The first-order chi connectivity index (χ1) is 12.7. The van der Waals surface area contributed by atoms with Gasteiger partial charge in [-0.2, -0.15) is 4.31 Å². The molecule has 0 spiro atoms. The molecule has 0 saturated carbocycles. The van der Waals surface area contributed by atoms with Gasteiger partial charge in [-0.15, -0.1) is 0 Å². The molecule has 1 aliphatic heterocycles. The highest BCUT2D eigenvalue weighted by Crippen LogP contribution is 2.28. The first-order valence-electron chi connectivity index (χ1n) is 8.03. The van der Waals surface area contributed by atoms with Crippen molar-refractivity contribution in [3.63, 3.8) is 0 Å². The number of nitrogens with one attached hydrogen (secondary N) is 1. The molecule has 1 heterocycles. The molecule has 8 nitrogen and oxygen atoms in total. The van der Waals surface area contributed by atoms with Crippen molar-refractivity contribution in [3.05, 3.63) is 54.3 Å². The molecule has 1 unspecified atom stereocenters. The third-order valence-corrected chi connectivity index (χ3v) is 6.06. The van der Waals surface area contributed by atoms with Crippen molar-refractivity contribution >= 4 is 15.9 Å². The van der Waals surface area contributed by atoms with Crippen LogP contribution in [-0.2, 0) is 14.8 Å². The highest BCUT2D eigenvalue weighted by Gasteiger charge is 2.49. The number of benzene rings is 2. The van der Waals surface area contributed by atoms with E-state index >= 15 is 0 Å². The number of carbonyl (C=O) groups is 1. The van der Waals surface area contributed by atoms with Crippen molar-refractivity contribution in [3.8, 4) is 11.5 Å². The van der Waals surface area contributed by atoms with Crippen molar-refractivity contribution in [2.45, 2.75) is 10.6 Å². The van der Waals surface area contributed by atoms with Gasteiger partial charge < -0.3 is 20.9 Å². The Morgan fingerprint density at radius 1 is 1.15 bits per heavy atom. The molecule has 2 aromatic rings. The lowest BCUT2D eigenvalue weighted by Gasteiger charge is -2.39. The van der Waals surface area contributed by atoms with Crippen LogP contribution in [0.4, 0.5) is 4.39 Å². The molecule has 4 N–H and O–H groups in total. The summed E-state index contributed by atoms with van der Waals surface area (Å²) in [4.78, 5) is 11.5. The number of nitrogens with zero attached hydrogens (tertiary/aromatic N) is 1. The maximum Gasteiger partial charge on any atom is 0.267 e. The summed E-state index contributed by atoms with van der Waals surface area (Å²) in [6.45, 7) is -0.149. The molecule has 144 valence electrons. The SMILES string of the molecule is NC(=O)C1(O)CNCCN1S(=O)(=O)c1ccc(Oc2ccc(F)cc2)cc1. The number of sulfonamides is 1. The van der Waals surface area contributed by atoms with Crippen LogP contribution in [0.15, 0.2) is 53.4 Å². The van der Waals surface area contributed by atoms with E-state index in [4.69, 9.17) is 10.5 Å². The van der Waals surface area contributed by atoms with Crippen molar-refractivity contribution in [1.29, 1.82) is 0 Å². The van der Waals surface area contributed by atoms with Gasteiger partial charge in [0, 0.05) is 19.6 Å². The van der Waals surface area contributed by atoms with Crippen LogP contribution >= 0.6 is 0 Å². The lowest BCUT2D eigenvalue weighted by atomic mass is 10.1. The number of piperazine rings is 1. The number of aliphatic hydroxyl groups is 1. The zero-order chi connectivity index (χ0) is 19.7. The van der Waals surface area contributed by atoms with Crippen LogP contribution in [0.3, 0.4) is 0 Å². The average molecular weight is 395 g/mol. The van der Waals surface area contributed by atoms with Crippen molar-refractivity contribution in [1.82, 2.24) is 9.62 Å². The van der Waals surface area contributed by atoms with Gasteiger partial charge in [0.1, 0.15) is 17.3 Å². The smallest absolute Gasteiger partial charge is 0.267 e. The van der Waals surface area contributed by atoms with E-state index in [1.807, 2.05) is 0 Å². The molecule has 0 aromatic heterocycles. The van der Waals surface area contributed by atoms with E-state index in [-0.39, 0.29) is 24.5 Å². The van der Waals surface area contributed by atoms with E-state index in [1.54, 1.807) is 0 Å². The van der Waals surface area contributed by atoms with Gasteiger partial charge in [-0.05, 0) is 48.5 Å². The van der Waals surface area contributed by atoms with Crippen molar-refractivity contribution < 1.29 is 27.4 Å². The number of hydrogen-bond acceptors (Lipinski definition) is 6. The summed E-state index contributed by atoms with van der Waals surface area (Å²) in [5, 5.41) is 13.2. The summed E-state index contributed by atoms with van der Waals surface area (Å²) >= 11 is 0. The zero-order valence-corrected chi connectivity index (χ0v) is 14.9. The molecular weight excluding hydrogens is 377 g/mol. The molecule has 1 atom stereocenters. The van der Waals surface area contributed by atoms with Crippen LogP contribution in [0.5, 0.6) is 11.5 Å². The summed E-state index contributed by atoms with van der Waals surface area (Å²) < 4.78 is 44.9. The van der Waals surface area contributed by atoms with Gasteiger partial charge in [0.25, 0.3) is 5.91 Å². The highest BCUT2D eigenvalue weighted by molar-refractivity contribution is 7.89. The summed E-state index contributed by atoms with van der Waals surface area (Å²) in [6, 6.07) is 10.8. The Morgan fingerprint density at radius 2 is 1.70 bits per heavy atom. The number of rotatable bonds is 5. The van der Waals surface area contributed by atoms with Gasteiger partial charge in [0.2, 0.25) is 15.7 Å². The molecule has 1 aliphatic rings. The maximum absolute atomic E-state index is 12.9. The molecule has 27 heavy (non-hydrogen) atoms. The molecule has 1 saturated heterocycles. The molecule has 1 amide bonds. The lowest BCUT2D eigenvalue weighted by Crippen LogP contribution is -2.68. The number of carbonyl (C=O) groups excluding carboxylic acids is 1. The molecule has 1 fully saturated rings. The van der Waals surface area contributed by atoms with Gasteiger partial charge in [-0.3, -0.25) is 4.79 Å². The third-order valence-electron chi connectivity index (χ3n) is 4.13. The van der Waals surface area contributed by atoms with Crippen LogP contribution in [0, 0.1) is 5.82 Å². The fraction of sp³-hybridized carbons (Fsp3) is 0.235. The largest absolute Gasteiger partial charge is 0.457 e. The highest BCUT2D eigenvalue weighted by atomic mass is 32.2. The van der Waals surface area contributed by atoms with Crippen molar-refractivity contribution in [2.24, 2.45) is 5.73 Å². The number of nitrogens with two attached hydrogens (primary N) is 1. The summed E-state index contributed by atoms with van der Waals surface area (Å²) in [5.41, 5.74) is 2.86. The Hall–Kier alpha value is -2.53. The number of hydrogen-bond donors (Lipinski definition) is 3. The Bertz CT molecular complexity index is 934. The van der Waals surface area contributed by atoms with E-state index < -0.39 is 27.5 Å². The Labute approximate surface area is 155 Å². The predicted molar refractivity (Wildman–Crippen MR) is 93.8 cm³/mol.